The van der Waals surface area contributed by atoms with E-state index < -0.39 is 0 Å². The molecule has 0 unspecified atom stereocenters. The van der Waals surface area contributed by atoms with Gasteiger partial charge in [0.05, 0.1) is 6.07 Å². The van der Waals surface area contributed by atoms with Crippen LogP contribution in [0.3, 0.4) is 0 Å². The number of hydrogen-bond acceptors (Lipinski definition) is 3. The topological polar surface area (TPSA) is 78.9 Å². The monoisotopic (exact) mass is 113 g/mol. The maximum atomic E-state index is 10.2. The largest absolute Gasteiger partial charge is 0.294 e. The number of nitriles is 1. The van der Waals surface area contributed by atoms with E-state index in [-0.39, 0.29) is 18.7 Å². The van der Waals surface area contributed by atoms with Gasteiger partial charge in [0, 0.05) is 12.8 Å². The minimum atomic E-state index is -0.299. The highest BCUT2D eigenvalue weighted by Gasteiger charge is 1.93. The lowest BCUT2D eigenvalue weighted by atomic mass is 10.3. The van der Waals surface area contributed by atoms with E-state index in [9.17, 15) is 4.79 Å². The van der Waals surface area contributed by atoms with E-state index in [0.29, 0.717) is 0 Å². The van der Waals surface area contributed by atoms with Crippen molar-refractivity contribution in [3.63, 3.8) is 0 Å². The summed E-state index contributed by atoms with van der Waals surface area (Å²) in [6.45, 7) is 0. The summed E-state index contributed by atoms with van der Waals surface area (Å²) in [6.07, 6.45) is 0.413. The Balaban J connectivity index is 3.15. The second kappa shape index (κ2) is 4.09. The number of hydrazine groups is 1. The van der Waals surface area contributed by atoms with Crippen LogP contribution in [0.4, 0.5) is 0 Å². The molecule has 0 aromatic heterocycles. The van der Waals surface area contributed by atoms with Crippen LogP contribution in [0.1, 0.15) is 12.8 Å². The normalized spacial score (nSPS) is 7.50. The average molecular weight is 113 g/mol. The molecule has 4 nitrogen and oxygen atoms in total. The van der Waals surface area contributed by atoms with Gasteiger partial charge in [-0.05, 0) is 0 Å². The smallest absolute Gasteiger partial charge is 0.234 e. The number of nitrogens with two attached hydrogens (primary N) is 1. The number of amides is 1. The molecular weight excluding hydrogens is 106 g/mol. The average Bonchev–Trinajstić information content (AvgIpc) is 1.83. The molecule has 1 amide bonds. The first-order chi connectivity index (χ1) is 3.81. The molecule has 44 valence electrons. The molecule has 0 saturated heterocycles. The molecular formula is C4H7N3O. The lowest BCUT2D eigenvalue weighted by molar-refractivity contribution is -0.121. The summed E-state index contributed by atoms with van der Waals surface area (Å²) in [5.74, 6) is 4.40. The van der Waals surface area contributed by atoms with Crippen LogP contribution in [0.2, 0.25) is 0 Å². The molecule has 0 aliphatic rings. The standard InChI is InChI=1S/C4H7N3O/c5-3-1-2-4(8)7-6/h1-2,6H2,(H,7,8). The molecule has 0 aliphatic heterocycles. The van der Waals surface area contributed by atoms with Gasteiger partial charge in [-0.25, -0.2) is 5.84 Å². The van der Waals surface area contributed by atoms with Gasteiger partial charge in [0.2, 0.25) is 5.91 Å². The van der Waals surface area contributed by atoms with Crippen LogP contribution in [0.5, 0.6) is 0 Å². The van der Waals surface area contributed by atoms with E-state index in [4.69, 9.17) is 11.1 Å². The predicted octanol–water partition coefficient (Wildman–Crippen LogP) is -0.720. The van der Waals surface area contributed by atoms with Crippen molar-refractivity contribution in [1.29, 1.82) is 5.26 Å². The predicted molar refractivity (Wildman–Crippen MR) is 27.2 cm³/mol. The van der Waals surface area contributed by atoms with Gasteiger partial charge in [-0.3, -0.25) is 10.2 Å². The Labute approximate surface area is 47.2 Å². The van der Waals surface area contributed by atoms with Crippen molar-refractivity contribution >= 4 is 5.91 Å². The van der Waals surface area contributed by atoms with Crippen molar-refractivity contribution in [1.82, 2.24) is 5.43 Å². The van der Waals surface area contributed by atoms with E-state index in [1.165, 1.54) is 0 Å². The first-order valence-electron chi connectivity index (χ1n) is 2.17. The second-order valence-electron chi connectivity index (χ2n) is 1.23. The summed E-state index contributed by atoms with van der Waals surface area (Å²) in [5.41, 5.74) is 1.91. The van der Waals surface area contributed by atoms with Gasteiger partial charge in [0.15, 0.2) is 0 Å². The first-order valence-corrected chi connectivity index (χ1v) is 2.17. The summed E-state index contributed by atoms with van der Waals surface area (Å²) in [6, 6.07) is 1.82. The molecule has 0 aromatic rings. The highest BCUT2D eigenvalue weighted by molar-refractivity contribution is 5.75. The van der Waals surface area contributed by atoms with Gasteiger partial charge in [-0.1, -0.05) is 0 Å². The maximum Gasteiger partial charge on any atom is 0.234 e. The molecule has 0 spiro atoms. The van der Waals surface area contributed by atoms with E-state index in [1.807, 2.05) is 11.5 Å². The van der Waals surface area contributed by atoms with Gasteiger partial charge in [0.25, 0.3) is 0 Å². The van der Waals surface area contributed by atoms with Crippen molar-refractivity contribution in [2.45, 2.75) is 12.8 Å². The van der Waals surface area contributed by atoms with Crippen molar-refractivity contribution in [3.05, 3.63) is 0 Å². The number of nitrogens with one attached hydrogen (secondary N) is 1. The Hall–Kier alpha value is -1.08. The molecule has 0 saturated carbocycles. The van der Waals surface area contributed by atoms with Crippen LogP contribution in [0, 0.1) is 11.3 Å². The van der Waals surface area contributed by atoms with Crippen molar-refractivity contribution < 1.29 is 4.79 Å². The third-order valence-electron chi connectivity index (χ3n) is 0.625. The Morgan fingerprint density at radius 3 is 2.88 bits per heavy atom. The molecule has 4 heteroatoms. The lowest BCUT2D eigenvalue weighted by Crippen LogP contribution is -2.29. The lowest BCUT2D eigenvalue weighted by Gasteiger charge is -1.90. The number of nitrogens with zero attached hydrogens (tertiary/aromatic N) is 1. The van der Waals surface area contributed by atoms with Crippen LogP contribution in [-0.2, 0) is 4.79 Å². The number of hydrogen-bond donors (Lipinski definition) is 2. The molecule has 0 aromatic carbocycles. The maximum absolute atomic E-state index is 10.2. The second-order valence-corrected chi connectivity index (χ2v) is 1.23. The molecule has 3 N–H and O–H groups in total. The van der Waals surface area contributed by atoms with E-state index in [0.717, 1.165) is 0 Å². The minimum absolute atomic E-state index is 0.188. The third-order valence-corrected chi connectivity index (χ3v) is 0.625. The van der Waals surface area contributed by atoms with Crippen LogP contribution in [-0.4, -0.2) is 5.91 Å². The van der Waals surface area contributed by atoms with E-state index in [2.05, 4.69) is 0 Å². The number of rotatable bonds is 2. The molecule has 0 bridgehead atoms. The van der Waals surface area contributed by atoms with E-state index in [1.54, 1.807) is 0 Å². The van der Waals surface area contributed by atoms with Crippen LogP contribution >= 0.6 is 0 Å². The van der Waals surface area contributed by atoms with Gasteiger partial charge in [0.1, 0.15) is 0 Å². The zero-order valence-electron chi connectivity index (χ0n) is 4.35. The Morgan fingerprint density at radius 2 is 2.50 bits per heavy atom. The molecule has 8 heavy (non-hydrogen) atoms. The molecule has 0 fully saturated rings. The first kappa shape index (κ1) is 6.92. The highest BCUT2D eigenvalue weighted by Crippen LogP contribution is 1.82. The zero-order chi connectivity index (χ0) is 6.41. The van der Waals surface area contributed by atoms with Crippen LogP contribution in [0.15, 0.2) is 0 Å². The molecule has 0 aliphatic carbocycles. The van der Waals surface area contributed by atoms with Gasteiger partial charge >= 0.3 is 0 Å². The summed E-state index contributed by atoms with van der Waals surface area (Å²) in [7, 11) is 0. The fraction of sp³-hybridized carbons (Fsp3) is 0.500. The third kappa shape index (κ3) is 3.12. The Bertz CT molecular complexity index is 115. The minimum Gasteiger partial charge on any atom is -0.294 e. The molecule has 0 rings (SSSR count). The number of carbonyl (C=O) groups is 1. The van der Waals surface area contributed by atoms with Gasteiger partial charge < -0.3 is 0 Å². The van der Waals surface area contributed by atoms with Crippen molar-refractivity contribution in [2.24, 2.45) is 5.84 Å². The molecule has 0 radical (unpaired) electrons. The van der Waals surface area contributed by atoms with Gasteiger partial charge in [-0.2, -0.15) is 5.26 Å². The molecule has 0 heterocycles. The molecule has 0 atom stereocenters. The van der Waals surface area contributed by atoms with Crippen molar-refractivity contribution in [3.8, 4) is 6.07 Å². The van der Waals surface area contributed by atoms with Crippen molar-refractivity contribution in [2.75, 3.05) is 0 Å². The number of carbonyl (C=O) groups excluding carboxylic acids is 1. The summed E-state index contributed by atoms with van der Waals surface area (Å²) in [5, 5.41) is 7.94. The SMILES string of the molecule is N#CCCC(=O)NN. The summed E-state index contributed by atoms with van der Waals surface area (Å²) in [4.78, 5) is 10.2. The van der Waals surface area contributed by atoms with E-state index >= 15 is 0 Å². The Kier molecular flexibility index (Phi) is 3.54. The summed E-state index contributed by atoms with van der Waals surface area (Å²) < 4.78 is 0. The van der Waals surface area contributed by atoms with Crippen LogP contribution < -0.4 is 11.3 Å². The summed E-state index contributed by atoms with van der Waals surface area (Å²) >= 11 is 0. The quantitative estimate of drug-likeness (QED) is 0.282. The fourth-order valence-corrected chi connectivity index (χ4v) is 0.242. The Morgan fingerprint density at radius 1 is 1.88 bits per heavy atom. The fourth-order valence-electron chi connectivity index (χ4n) is 0.242. The van der Waals surface area contributed by atoms with Crippen LogP contribution in [0.25, 0.3) is 0 Å². The highest BCUT2D eigenvalue weighted by atomic mass is 16.2. The van der Waals surface area contributed by atoms with Gasteiger partial charge in [-0.15, -0.1) is 0 Å². The zero-order valence-corrected chi connectivity index (χ0v) is 4.35.